The smallest absolute Gasteiger partial charge is 0.223 e. The second-order valence-electron chi connectivity index (χ2n) is 2.40. The molecule has 1 rings (SSSR count). The first-order valence-corrected chi connectivity index (χ1v) is 4.43. The summed E-state index contributed by atoms with van der Waals surface area (Å²) in [6, 6.07) is 0. The van der Waals surface area contributed by atoms with Gasteiger partial charge in [-0.3, -0.25) is 4.79 Å². The van der Waals surface area contributed by atoms with Crippen molar-refractivity contribution >= 4 is 28.1 Å². The topological polar surface area (TPSA) is 74.6 Å². The van der Waals surface area contributed by atoms with Gasteiger partial charge in [0.1, 0.15) is 11.4 Å². The molecular weight excluding hydrogens is 190 g/mol. The number of aromatic nitrogens is 1. The minimum Gasteiger partial charge on any atom is -0.411 e. The Morgan fingerprint density at radius 3 is 2.92 bits per heavy atom. The molecule has 0 bridgehead atoms. The molecule has 1 aromatic rings. The van der Waals surface area contributed by atoms with E-state index in [0.717, 1.165) is 0 Å². The highest BCUT2D eigenvalue weighted by Crippen LogP contribution is 2.15. The number of carbonyl (C=O) groups is 1. The van der Waals surface area contributed by atoms with Gasteiger partial charge in [-0.05, 0) is 6.92 Å². The molecule has 5 nitrogen and oxygen atoms in total. The Hall–Kier alpha value is -1.43. The lowest BCUT2D eigenvalue weighted by Crippen LogP contribution is -2.05. The summed E-state index contributed by atoms with van der Waals surface area (Å²) in [5.74, 6) is -0.167. The van der Waals surface area contributed by atoms with Gasteiger partial charge in [0, 0.05) is 12.3 Å². The van der Waals surface area contributed by atoms with Crippen LogP contribution in [0.5, 0.6) is 0 Å². The first-order valence-electron chi connectivity index (χ1n) is 3.55. The third kappa shape index (κ3) is 2.51. The van der Waals surface area contributed by atoms with Crippen molar-refractivity contribution in [3.8, 4) is 0 Å². The quantitative estimate of drug-likeness (QED) is 0.428. The number of nitrogens with zero attached hydrogens (tertiary/aromatic N) is 2. The van der Waals surface area contributed by atoms with Crippen molar-refractivity contribution < 1.29 is 10.0 Å². The zero-order chi connectivity index (χ0) is 9.84. The van der Waals surface area contributed by atoms with Crippen molar-refractivity contribution in [3.05, 3.63) is 11.1 Å². The van der Waals surface area contributed by atoms with E-state index in [0.29, 0.717) is 16.5 Å². The van der Waals surface area contributed by atoms with Crippen LogP contribution in [0.3, 0.4) is 0 Å². The summed E-state index contributed by atoms with van der Waals surface area (Å²) in [7, 11) is 0. The molecule has 0 saturated carbocycles. The van der Waals surface area contributed by atoms with Crippen LogP contribution in [-0.2, 0) is 4.79 Å². The van der Waals surface area contributed by atoms with Gasteiger partial charge in [0.2, 0.25) is 5.91 Å². The van der Waals surface area contributed by atoms with E-state index in [1.807, 2.05) is 0 Å². The van der Waals surface area contributed by atoms with Crippen molar-refractivity contribution in [2.75, 3.05) is 5.32 Å². The summed E-state index contributed by atoms with van der Waals surface area (Å²) in [5.41, 5.74) is 0.990. The SMILES string of the molecule is CC(=O)Nc1nc(C(C)=NO)cs1. The molecule has 70 valence electrons. The highest BCUT2D eigenvalue weighted by atomic mass is 32.1. The Balaban J connectivity index is 2.80. The number of anilines is 1. The molecule has 0 saturated heterocycles. The van der Waals surface area contributed by atoms with Gasteiger partial charge >= 0.3 is 0 Å². The molecule has 13 heavy (non-hydrogen) atoms. The first kappa shape index (κ1) is 9.66. The van der Waals surface area contributed by atoms with Gasteiger partial charge in [-0.15, -0.1) is 11.3 Å². The summed E-state index contributed by atoms with van der Waals surface area (Å²) in [5, 5.41) is 16.2. The third-order valence-electron chi connectivity index (χ3n) is 1.31. The predicted octanol–water partition coefficient (Wildman–Crippen LogP) is 1.30. The Labute approximate surface area is 79.1 Å². The van der Waals surface area contributed by atoms with Crippen LogP contribution in [0.1, 0.15) is 19.5 Å². The van der Waals surface area contributed by atoms with Crippen LogP contribution in [-0.4, -0.2) is 21.8 Å². The van der Waals surface area contributed by atoms with Gasteiger partial charge in [-0.2, -0.15) is 0 Å². The number of amides is 1. The minimum atomic E-state index is -0.167. The molecule has 0 aliphatic carbocycles. The summed E-state index contributed by atoms with van der Waals surface area (Å²) in [6.07, 6.45) is 0. The standard InChI is InChI=1S/C7H9N3O2S/c1-4(10-12)6-3-13-7(9-6)8-5(2)11/h3,12H,1-2H3,(H,8,9,11). The highest BCUT2D eigenvalue weighted by Gasteiger charge is 2.05. The normalized spacial score (nSPS) is 11.4. The van der Waals surface area contributed by atoms with E-state index in [-0.39, 0.29) is 5.91 Å². The van der Waals surface area contributed by atoms with Gasteiger partial charge in [0.25, 0.3) is 0 Å². The summed E-state index contributed by atoms with van der Waals surface area (Å²) < 4.78 is 0. The number of hydrogen-bond donors (Lipinski definition) is 2. The Kier molecular flexibility index (Phi) is 2.97. The molecule has 0 radical (unpaired) electrons. The summed E-state index contributed by atoms with van der Waals surface area (Å²) in [6.45, 7) is 3.04. The molecule has 1 aromatic heterocycles. The fourth-order valence-corrected chi connectivity index (χ4v) is 1.50. The zero-order valence-corrected chi connectivity index (χ0v) is 8.05. The predicted molar refractivity (Wildman–Crippen MR) is 50.4 cm³/mol. The number of carbonyl (C=O) groups excluding carboxylic acids is 1. The Bertz CT molecular complexity index is 345. The number of hydrogen-bond acceptors (Lipinski definition) is 5. The van der Waals surface area contributed by atoms with Crippen LogP contribution >= 0.6 is 11.3 Å². The first-order chi connectivity index (χ1) is 6.13. The maximum Gasteiger partial charge on any atom is 0.223 e. The maximum absolute atomic E-state index is 10.6. The molecule has 0 spiro atoms. The van der Waals surface area contributed by atoms with Crippen molar-refractivity contribution in [3.63, 3.8) is 0 Å². The van der Waals surface area contributed by atoms with Crippen LogP contribution in [0.15, 0.2) is 10.5 Å². The lowest BCUT2D eigenvalue weighted by atomic mass is 10.3. The number of nitrogens with one attached hydrogen (secondary N) is 1. The number of rotatable bonds is 2. The van der Waals surface area contributed by atoms with Gasteiger partial charge in [-0.1, -0.05) is 5.16 Å². The van der Waals surface area contributed by atoms with Gasteiger partial charge in [-0.25, -0.2) is 4.98 Å². The van der Waals surface area contributed by atoms with Gasteiger partial charge in [0.05, 0.1) is 0 Å². The molecule has 1 amide bonds. The monoisotopic (exact) mass is 199 g/mol. The molecular formula is C7H9N3O2S. The summed E-state index contributed by atoms with van der Waals surface area (Å²) >= 11 is 1.29. The van der Waals surface area contributed by atoms with Crippen LogP contribution in [0.4, 0.5) is 5.13 Å². The van der Waals surface area contributed by atoms with Crippen LogP contribution < -0.4 is 5.32 Å². The Morgan fingerprint density at radius 1 is 1.69 bits per heavy atom. The largest absolute Gasteiger partial charge is 0.411 e. The Morgan fingerprint density at radius 2 is 2.38 bits per heavy atom. The highest BCUT2D eigenvalue weighted by molar-refractivity contribution is 7.14. The number of oxime groups is 1. The van der Waals surface area contributed by atoms with Crippen molar-refractivity contribution in [1.82, 2.24) is 4.98 Å². The van der Waals surface area contributed by atoms with Gasteiger partial charge < -0.3 is 10.5 Å². The van der Waals surface area contributed by atoms with E-state index in [9.17, 15) is 4.79 Å². The second-order valence-corrected chi connectivity index (χ2v) is 3.26. The van der Waals surface area contributed by atoms with E-state index >= 15 is 0 Å². The zero-order valence-electron chi connectivity index (χ0n) is 7.24. The molecule has 1 heterocycles. The fraction of sp³-hybridized carbons (Fsp3) is 0.286. The molecule has 0 aliphatic rings. The average molecular weight is 199 g/mol. The lowest BCUT2D eigenvalue weighted by molar-refractivity contribution is -0.114. The third-order valence-corrected chi connectivity index (χ3v) is 2.07. The van der Waals surface area contributed by atoms with E-state index in [2.05, 4.69) is 15.5 Å². The molecule has 0 aliphatic heterocycles. The molecule has 6 heteroatoms. The van der Waals surface area contributed by atoms with Crippen LogP contribution in [0.2, 0.25) is 0 Å². The maximum atomic E-state index is 10.6. The molecule has 0 fully saturated rings. The second kappa shape index (κ2) is 3.99. The van der Waals surface area contributed by atoms with Crippen molar-refractivity contribution in [2.24, 2.45) is 5.16 Å². The van der Waals surface area contributed by atoms with Crippen LogP contribution in [0, 0.1) is 0 Å². The molecule has 0 atom stereocenters. The van der Waals surface area contributed by atoms with E-state index < -0.39 is 0 Å². The fourth-order valence-electron chi connectivity index (χ4n) is 0.699. The average Bonchev–Trinajstić information content (AvgIpc) is 2.50. The van der Waals surface area contributed by atoms with Crippen molar-refractivity contribution in [1.29, 1.82) is 0 Å². The molecule has 0 unspecified atom stereocenters. The summed E-state index contributed by atoms with van der Waals surface area (Å²) in [4.78, 5) is 14.7. The number of thiazole rings is 1. The molecule has 2 N–H and O–H groups in total. The van der Waals surface area contributed by atoms with E-state index in [1.165, 1.54) is 18.3 Å². The van der Waals surface area contributed by atoms with Crippen molar-refractivity contribution in [2.45, 2.75) is 13.8 Å². The van der Waals surface area contributed by atoms with Gasteiger partial charge in [0.15, 0.2) is 5.13 Å². The minimum absolute atomic E-state index is 0.167. The van der Waals surface area contributed by atoms with E-state index in [4.69, 9.17) is 5.21 Å². The van der Waals surface area contributed by atoms with E-state index in [1.54, 1.807) is 12.3 Å². The molecule has 0 aromatic carbocycles. The lowest BCUT2D eigenvalue weighted by Gasteiger charge is -1.93. The van der Waals surface area contributed by atoms with Crippen LogP contribution in [0.25, 0.3) is 0 Å².